The van der Waals surface area contributed by atoms with Crippen LogP contribution in [0.25, 0.3) is 0 Å². The van der Waals surface area contributed by atoms with Crippen LogP contribution in [0.5, 0.6) is 0 Å². The van der Waals surface area contributed by atoms with Crippen molar-refractivity contribution in [3.63, 3.8) is 0 Å². The van der Waals surface area contributed by atoms with Crippen molar-refractivity contribution < 1.29 is 13.2 Å². The predicted octanol–water partition coefficient (Wildman–Crippen LogP) is 4.67. The smallest absolute Gasteiger partial charge is 0.397 e. The van der Waals surface area contributed by atoms with Crippen LogP contribution >= 0.6 is 0 Å². The predicted molar refractivity (Wildman–Crippen MR) is 75.5 cm³/mol. The minimum absolute atomic E-state index is 0.152. The van der Waals surface area contributed by atoms with Crippen LogP contribution in [-0.2, 0) is 6.18 Å². The van der Waals surface area contributed by atoms with Crippen molar-refractivity contribution in [2.24, 2.45) is 5.41 Å². The van der Waals surface area contributed by atoms with Crippen LogP contribution in [0.15, 0.2) is 18.2 Å². The molecule has 1 fully saturated rings. The molecule has 1 aromatic carbocycles. The van der Waals surface area contributed by atoms with Crippen molar-refractivity contribution >= 4 is 11.4 Å². The average molecular weight is 286 g/mol. The van der Waals surface area contributed by atoms with E-state index in [4.69, 9.17) is 5.73 Å². The first kappa shape index (κ1) is 15.0. The Morgan fingerprint density at radius 3 is 2.40 bits per heavy atom. The van der Waals surface area contributed by atoms with Gasteiger partial charge in [-0.15, -0.1) is 0 Å². The highest BCUT2D eigenvalue weighted by atomic mass is 19.4. The van der Waals surface area contributed by atoms with Crippen LogP contribution in [0, 0.1) is 5.41 Å². The summed E-state index contributed by atoms with van der Waals surface area (Å²) in [7, 11) is 0. The maximum atomic E-state index is 12.6. The van der Waals surface area contributed by atoms with Crippen molar-refractivity contribution in [2.75, 3.05) is 17.6 Å². The van der Waals surface area contributed by atoms with E-state index in [9.17, 15) is 13.2 Å². The first-order valence-corrected chi connectivity index (χ1v) is 7.01. The first-order chi connectivity index (χ1) is 9.30. The number of hydrogen-bond donors (Lipinski definition) is 2. The summed E-state index contributed by atoms with van der Waals surface area (Å²) in [6.07, 6.45) is 1.68. The number of benzene rings is 1. The summed E-state index contributed by atoms with van der Waals surface area (Å²) in [4.78, 5) is 0. The van der Waals surface area contributed by atoms with E-state index >= 15 is 0 Å². The van der Waals surface area contributed by atoms with Gasteiger partial charge in [-0.2, -0.15) is 13.2 Å². The van der Waals surface area contributed by atoms with E-state index in [1.165, 1.54) is 25.3 Å². The number of rotatable bonds is 3. The van der Waals surface area contributed by atoms with Gasteiger partial charge in [0.05, 0.1) is 16.9 Å². The standard InChI is InChI=1S/C15H21F3N2/c1-14(7-3-2-4-8-14)10-20-13-6-5-11(9-12(13)19)15(16,17)18/h5-6,9,20H,2-4,7-8,10,19H2,1H3. The molecule has 2 nitrogen and oxygen atoms in total. The molecule has 112 valence electrons. The van der Waals surface area contributed by atoms with Gasteiger partial charge < -0.3 is 11.1 Å². The average Bonchev–Trinajstić information content (AvgIpc) is 2.37. The summed E-state index contributed by atoms with van der Waals surface area (Å²) >= 11 is 0. The van der Waals surface area contributed by atoms with Gasteiger partial charge in [0.25, 0.3) is 0 Å². The largest absolute Gasteiger partial charge is 0.416 e. The number of nitrogens with one attached hydrogen (secondary N) is 1. The monoisotopic (exact) mass is 286 g/mol. The van der Waals surface area contributed by atoms with E-state index in [0.717, 1.165) is 31.5 Å². The SMILES string of the molecule is CC1(CNc2ccc(C(F)(F)F)cc2N)CCCCC1. The van der Waals surface area contributed by atoms with Gasteiger partial charge in [-0.1, -0.05) is 26.2 Å². The second-order valence-corrected chi connectivity index (χ2v) is 6.02. The molecule has 0 atom stereocenters. The Hall–Kier alpha value is -1.39. The normalized spacial score (nSPS) is 18.8. The maximum Gasteiger partial charge on any atom is 0.416 e. The molecule has 1 aromatic rings. The maximum absolute atomic E-state index is 12.6. The van der Waals surface area contributed by atoms with Gasteiger partial charge in [0.1, 0.15) is 0 Å². The summed E-state index contributed by atoms with van der Waals surface area (Å²) < 4.78 is 37.7. The Labute approximate surface area is 117 Å². The van der Waals surface area contributed by atoms with Gasteiger partial charge in [0, 0.05) is 6.54 Å². The highest BCUT2D eigenvalue weighted by molar-refractivity contribution is 5.67. The van der Waals surface area contributed by atoms with Gasteiger partial charge >= 0.3 is 6.18 Å². The van der Waals surface area contributed by atoms with Crippen molar-refractivity contribution in [2.45, 2.75) is 45.2 Å². The third-order valence-electron chi connectivity index (χ3n) is 4.15. The van der Waals surface area contributed by atoms with E-state index in [1.807, 2.05) is 0 Å². The number of alkyl halides is 3. The highest BCUT2D eigenvalue weighted by Crippen LogP contribution is 2.37. The molecule has 0 amide bonds. The van der Waals surface area contributed by atoms with Gasteiger partial charge in [-0.3, -0.25) is 0 Å². The lowest BCUT2D eigenvalue weighted by atomic mass is 9.76. The number of nitrogens with two attached hydrogens (primary N) is 1. The molecular weight excluding hydrogens is 265 g/mol. The fraction of sp³-hybridized carbons (Fsp3) is 0.600. The van der Waals surface area contributed by atoms with E-state index in [-0.39, 0.29) is 11.1 Å². The number of halogens is 3. The molecule has 1 aliphatic rings. The zero-order valence-corrected chi connectivity index (χ0v) is 11.7. The van der Waals surface area contributed by atoms with Crippen molar-refractivity contribution in [3.05, 3.63) is 23.8 Å². The Kier molecular flexibility index (Phi) is 4.16. The topological polar surface area (TPSA) is 38.0 Å². The molecule has 5 heteroatoms. The summed E-state index contributed by atoms with van der Waals surface area (Å²) in [5, 5.41) is 3.21. The summed E-state index contributed by atoms with van der Waals surface area (Å²) in [6, 6.07) is 3.48. The van der Waals surface area contributed by atoms with Crippen molar-refractivity contribution in [3.8, 4) is 0 Å². The molecule has 3 N–H and O–H groups in total. The molecule has 0 saturated heterocycles. The Bertz CT molecular complexity index is 463. The highest BCUT2D eigenvalue weighted by Gasteiger charge is 2.31. The molecule has 0 spiro atoms. The molecule has 20 heavy (non-hydrogen) atoms. The first-order valence-electron chi connectivity index (χ1n) is 7.01. The molecule has 0 aliphatic heterocycles. The van der Waals surface area contributed by atoms with Crippen LogP contribution in [0.3, 0.4) is 0 Å². The Balaban J connectivity index is 2.03. The van der Waals surface area contributed by atoms with Crippen LogP contribution in [0.2, 0.25) is 0 Å². The van der Waals surface area contributed by atoms with E-state index in [2.05, 4.69) is 12.2 Å². The number of hydrogen-bond acceptors (Lipinski definition) is 2. The second kappa shape index (κ2) is 5.54. The Morgan fingerprint density at radius 2 is 1.85 bits per heavy atom. The fourth-order valence-corrected chi connectivity index (χ4v) is 2.79. The third kappa shape index (κ3) is 3.58. The van der Waals surface area contributed by atoms with E-state index < -0.39 is 11.7 Å². The van der Waals surface area contributed by atoms with E-state index in [1.54, 1.807) is 0 Å². The fourth-order valence-electron chi connectivity index (χ4n) is 2.79. The summed E-state index contributed by atoms with van der Waals surface area (Å²) in [5.74, 6) is 0. The molecule has 0 aromatic heterocycles. The summed E-state index contributed by atoms with van der Waals surface area (Å²) in [5.41, 5.74) is 5.97. The molecule has 2 rings (SSSR count). The van der Waals surface area contributed by atoms with Crippen LogP contribution in [0.4, 0.5) is 24.5 Å². The molecular formula is C15H21F3N2. The van der Waals surface area contributed by atoms with Crippen molar-refractivity contribution in [1.29, 1.82) is 0 Å². The lowest BCUT2D eigenvalue weighted by molar-refractivity contribution is -0.137. The lowest BCUT2D eigenvalue weighted by Crippen LogP contribution is -2.29. The lowest BCUT2D eigenvalue weighted by Gasteiger charge is -2.34. The van der Waals surface area contributed by atoms with Crippen LogP contribution in [0.1, 0.15) is 44.6 Å². The zero-order chi connectivity index (χ0) is 14.8. The van der Waals surface area contributed by atoms with Gasteiger partial charge in [0.15, 0.2) is 0 Å². The molecule has 0 heterocycles. The van der Waals surface area contributed by atoms with E-state index in [0.29, 0.717) is 5.69 Å². The zero-order valence-electron chi connectivity index (χ0n) is 11.7. The third-order valence-corrected chi connectivity index (χ3v) is 4.15. The molecule has 0 bridgehead atoms. The van der Waals surface area contributed by atoms with Crippen LogP contribution in [-0.4, -0.2) is 6.54 Å². The number of nitrogen functional groups attached to an aromatic ring is 1. The Morgan fingerprint density at radius 1 is 1.20 bits per heavy atom. The summed E-state index contributed by atoms with van der Waals surface area (Å²) in [6.45, 7) is 2.97. The second-order valence-electron chi connectivity index (χ2n) is 6.02. The minimum atomic E-state index is -4.35. The quantitative estimate of drug-likeness (QED) is 0.792. The molecule has 0 unspecified atom stereocenters. The van der Waals surface area contributed by atoms with Gasteiger partial charge in [-0.05, 0) is 36.5 Å². The molecule has 0 radical (unpaired) electrons. The molecule has 1 aliphatic carbocycles. The van der Waals surface area contributed by atoms with Gasteiger partial charge in [0.2, 0.25) is 0 Å². The van der Waals surface area contributed by atoms with Gasteiger partial charge in [-0.25, -0.2) is 0 Å². The molecule has 1 saturated carbocycles. The van der Waals surface area contributed by atoms with Crippen molar-refractivity contribution in [1.82, 2.24) is 0 Å². The number of anilines is 2. The minimum Gasteiger partial charge on any atom is -0.397 e. The van der Waals surface area contributed by atoms with Crippen LogP contribution < -0.4 is 11.1 Å².